The molecule has 1 aliphatic rings. The molecule has 0 radical (unpaired) electrons. The van der Waals surface area contributed by atoms with Crippen molar-refractivity contribution in [3.8, 4) is 11.8 Å². The van der Waals surface area contributed by atoms with E-state index in [0.29, 0.717) is 28.9 Å². The van der Waals surface area contributed by atoms with Gasteiger partial charge in [-0.2, -0.15) is 18.6 Å². The largest absolute Gasteiger partial charge is 0.435 e. The summed E-state index contributed by atoms with van der Waals surface area (Å²) in [5.41, 5.74) is 2.16. The molecule has 0 saturated heterocycles. The third kappa shape index (κ3) is 3.35. The van der Waals surface area contributed by atoms with Crippen LogP contribution in [0.25, 0.3) is 5.65 Å². The Morgan fingerprint density at radius 2 is 2.15 bits per heavy atom. The lowest BCUT2D eigenvalue weighted by Crippen LogP contribution is -2.08. The smallest absolute Gasteiger partial charge is 0.387 e. The third-order valence-corrected chi connectivity index (χ3v) is 3.85. The minimum Gasteiger partial charge on any atom is -0.435 e. The second kappa shape index (κ2) is 6.48. The average molecular weight is 356 g/mol. The summed E-state index contributed by atoms with van der Waals surface area (Å²) in [6.45, 7) is -2.89. The summed E-state index contributed by atoms with van der Waals surface area (Å²) in [5.74, 6) is 0.493. The number of nitrogens with one attached hydrogen (secondary N) is 2. The van der Waals surface area contributed by atoms with Crippen LogP contribution >= 0.6 is 0 Å². The number of rotatable bonds is 6. The highest BCUT2D eigenvalue weighted by Gasteiger charge is 2.23. The Balaban J connectivity index is 1.68. The molecule has 1 aliphatic carbocycles. The van der Waals surface area contributed by atoms with E-state index in [2.05, 4.69) is 25.5 Å². The zero-order chi connectivity index (χ0) is 18.1. The van der Waals surface area contributed by atoms with E-state index in [1.165, 1.54) is 22.8 Å². The van der Waals surface area contributed by atoms with Crippen molar-refractivity contribution >= 4 is 22.8 Å². The van der Waals surface area contributed by atoms with Gasteiger partial charge in [0.25, 0.3) is 0 Å². The average Bonchev–Trinajstić information content (AvgIpc) is 3.31. The minimum absolute atomic E-state index is 0.0442. The number of nitrogens with zero attached hydrogens (tertiary/aromatic N) is 4. The molecule has 3 aromatic rings. The molecule has 0 unspecified atom stereocenters. The summed E-state index contributed by atoms with van der Waals surface area (Å²) in [7, 11) is 0. The standard InChI is InChI=1S/C17H14F2N6O/c18-17(19)26-13-3-1-2-11(6-13)23-15-7-14(22-10-4-5-10)16-21-9-12(8-20)25(16)24-15/h1-3,6-7,9-10,17,22H,4-5H2,(H,23,24). The van der Waals surface area contributed by atoms with E-state index >= 15 is 0 Å². The number of alkyl halides is 2. The Hall–Kier alpha value is -3.41. The molecule has 2 N–H and O–H groups in total. The molecular weight excluding hydrogens is 342 g/mol. The van der Waals surface area contributed by atoms with Crippen LogP contribution in [0.5, 0.6) is 5.75 Å². The van der Waals surface area contributed by atoms with Crippen molar-refractivity contribution in [2.24, 2.45) is 0 Å². The van der Waals surface area contributed by atoms with Gasteiger partial charge in [-0.05, 0) is 25.0 Å². The van der Waals surface area contributed by atoms with Crippen LogP contribution < -0.4 is 15.4 Å². The lowest BCUT2D eigenvalue weighted by atomic mass is 10.3. The van der Waals surface area contributed by atoms with E-state index in [9.17, 15) is 14.0 Å². The molecule has 132 valence electrons. The number of aromatic nitrogens is 3. The molecule has 0 amide bonds. The van der Waals surface area contributed by atoms with Crippen molar-refractivity contribution in [2.45, 2.75) is 25.5 Å². The highest BCUT2D eigenvalue weighted by atomic mass is 19.3. The van der Waals surface area contributed by atoms with Gasteiger partial charge in [0.2, 0.25) is 0 Å². The highest BCUT2D eigenvalue weighted by Crippen LogP contribution is 2.29. The molecule has 1 fully saturated rings. The van der Waals surface area contributed by atoms with Crippen molar-refractivity contribution < 1.29 is 13.5 Å². The van der Waals surface area contributed by atoms with Crippen molar-refractivity contribution in [2.75, 3.05) is 10.6 Å². The number of nitriles is 1. The number of imidazole rings is 1. The monoisotopic (exact) mass is 356 g/mol. The summed E-state index contributed by atoms with van der Waals surface area (Å²) < 4.78 is 30.6. The molecule has 1 saturated carbocycles. The van der Waals surface area contributed by atoms with E-state index in [1.54, 1.807) is 18.2 Å². The van der Waals surface area contributed by atoms with E-state index in [-0.39, 0.29) is 5.75 Å². The SMILES string of the molecule is N#Cc1cnc2c(NC3CC3)cc(Nc3cccc(OC(F)F)c3)nn12. The molecule has 7 nitrogen and oxygen atoms in total. The summed E-state index contributed by atoms with van der Waals surface area (Å²) in [4.78, 5) is 4.25. The van der Waals surface area contributed by atoms with Crippen LogP contribution in [0.15, 0.2) is 36.5 Å². The number of ether oxygens (including phenoxy) is 1. The Morgan fingerprint density at radius 1 is 1.31 bits per heavy atom. The molecule has 2 aromatic heterocycles. The predicted octanol–water partition coefficient (Wildman–Crippen LogP) is 3.52. The second-order valence-electron chi connectivity index (χ2n) is 5.88. The first-order chi connectivity index (χ1) is 12.6. The van der Waals surface area contributed by atoms with Crippen LogP contribution in [0, 0.1) is 11.3 Å². The lowest BCUT2D eigenvalue weighted by molar-refractivity contribution is -0.0497. The summed E-state index contributed by atoms with van der Waals surface area (Å²) in [6, 6.07) is 10.4. The van der Waals surface area contributed by atoms with Crippen molar-refractivity contribution in [1.29, 1.82) is 5.26 Å². The lowest BCUT2D eigenvalue weighted by Gasteiger charge is -2.12. The van der Waals surface area contributed by atoms with Crippen molar-refractivity contribution in [1.82, 2.24) is 14.6 Å². The second-order valence-corrected chi connectivity index (χ2v) is 5.88. The topological polar surface area (TPSA) is 87.3 Å². The Kier molecular flexibility index (Phi) is 4.01. The van der Waals surface area contributed by atoms with Gasteiger partial charge in [-0.15, -0.1) is 5.10 Å². The first-order valence-electron chi connectivity index (χ1n) is 8.00. The van der Waals surface area contributed by atoms with Crippen LogP contribution in [0.2, 0.25) is 0 Å². The molecule has 4 rings (SSSR count). The van der Waals surface area contributed by atoms with Crippen molar-refractivity contribution in [3.05, 3.63) is 42.2 Å². The maximum atomic E-state index is 12.4. The van der Waals surface area contributed by atoms with Gasteiger partial charge in [0.1, 0.15) is 11.8 Å². The van der Waals surface area contributed by atoms with E-state index in [0.717, 1.165) is 18.5 Å². The Morgan fingerprint density at radius 3 is 2.88 bits per heavy atom. The van der Waals surface area contributed by atoms with Crippen LogP contribution in [0.3, 0.4) is 0 Å². The van der Waals surface area contributed by atoms with Crippen molar-refractivity contribution in [3.63, 3.8) is 0 Å². The van der Waals surface area contributed by atoms with Gasteiger partial charge in [-0.25, -0.2) is 4.98 Å². The zero-order valence-corrected chi connectivity index (χ0v) is 13.5. The molecule has 0 spiro atoms. The first-order valence-corrected chi connectivity index (χ1v) is 8.00. The first kappa shape index (κ1) is 16.1. The highest BCUT2D eigenvalue weighted by molar-refractivity contribution is 5.73. The van der Waals surface area contributed by atoms with Gasteiger partial charge >= 0.3 is 6.61 Å². The number of halogens is 2. The van der Waals surface area contributed by atoms with E-state index in [4.69, 9.17) is 0 Å². The van der Waals surface area contributed by atoms with Crippen LogP contribution in [0.4, 0.5) is 26.0 Å². The fourth-order valence-corrected chi connectivity index (χ4v) is 2.56. The number of anilines is 3. The number of benzene rings is 1. The van der Waals surface area contributed by atoms with Gasteiger partial charge in [-0.3, -0.25) is 0 Å². The van der Waals surface area contributed by atoms with Crippen LogP contribution in [0.1, 0.15) is 18.5 Å². The third-order valence-electron chi connectivity index (χ3n) is 3.85. The summed E-state index contributed by atoms with van der Waals surface area (Å²) in [5, 5.41) is 20.0. The summed E-state index contributed by atoms with van der Waals surface area (Å²) in [6.07, 6.45) is 3.62. The van der Waals surface area contributed by atoms with Gasteiger partial charge in [-0.1, -0.05) is 6.07 Å². The zero-order valence-electron chi connectivity index (χ0n) is 13.5. The quantitative estimate of drug-likeness (QED) is 0.703. The Labute approximate surface area is 147 Å². The normalized spacial score (nSPS) is 13.6. The fraction of sp³-hybridized carbons (Fsp3) is 0.235. The maximum Gasteiger partial charge on any atom is 0.387 e. The minimum atomic E-state index is -2.89. The molecule has 1 aromatic carbocycles. The molecule has 9 heteroatoms. The molecule has 0 atom stereocenters. The van der Waals surface area contributed by atoms with Crippen LogP contribution in [-0.4, -0.2) is 27.3 Å². The molecule has 0 bridgehead atoms. The molecular formula is C17H14F2N6O. The summed E-state index contributed by atoms with van der Waals surface area (Å²) >= 11 is 0. The number of hydrogen-bond acceptors (Lipinski definition) is 6. The van der Waals surface area contributed by atoms with E-state index in [1.807, 2.05) is 6.07 Å². The van der Waals surface area contributed by atoms with Gasteiger partial charge in [0.15, 0.2) is 17.2 Å². The Bertz CT molecular complexity index is 993. The maximum absolute atomic E-state index is 12.4. The van der Waals surface area contributed by atoms with Gasteiger partial charge in [0.05, 0.1) is 11.9 Å². The predicted molar refractivity (Wildman–Crippen MR) is 90.7 cm³/mol. The van der Waals surface area contributed by atoms with Gasteiger partial charge < -0.3 is 15.4 Å². The molecule has 0 aliphatic heterocycles. The number of hydrogen-bond donors (Lipinski definition) is 2. The number of fused-ring (bicyclic) bond motifs is 1. The molecule has 2 heterocycles. The fourth-order valence-electron chi connectivity index (χ4n) is 2.56. The van der Waals surface area contributed by atoms with E-state index < -0.39 is 6.61 Å². The van der Waals surface area contributed by atoms with Crippen LogP contribution in [-0.2, 0) is 0 Å². The molecule has 26 heavy (non-hydrogen) atoms. The van der Waals surface area contributed by atoms with Gasteiger partial charge in [0, 0.05) is 23.9 Å².